The summed E-state index contributed by atoms with van der Waals surface area (Å²) >= 11 is 7.67. The molecule has 0 radical (unpaired) electrons. The molecule has 0 spiro atoms. The molecule has 6 rings (SSSR count). The summed E-state index contributed by atoms with van der Waals surface area (Å²) < 4.78 is 0.734. The standard InChI is InChI=1S/C23H17ClN8S/c1-32(2)13-9-12(10-25-11-13)15-3-4-16-20(27-15)21(31-30-16)23-28-19-14(7-8-26-22(19)29-23)17-5-6-18(24)33-17/h3-11H,1-2H3,(H,30,31)(H,26,28,29). The number of rotatable bonds is 4. The second-order valence-corrected chi connectivity index (χ2v) is 9.45. The van der Waals surface area contributed by atoms with E-state index in [2.05, 4.69) is 31.2 Å². The molecule has 0 saturated carbocycles. The van der Waals surface area contributed by atoms with Gasteiger partial charge in [0.2, 0.25) is 0 Å². The fourth-order valence-corrected chi connectivity index (χ4v) is 4.80. The molecule has 162 valence electrons. The Hall–Kier alpha value is -3.82. The van der Waals surface area contributed by atoms with Crippen LogP contribution in [-0.2, 0) is 0 Å². The lowest BCUT2D eigenvalue weighted by molar-refractivity contribution is 1.10. The van der Waals surface area contributed by atoms with Gasteiger partial charge >= 0.3 is 0 Å². The van der Waals surface area contributed by atoms with E-state index in [1.54, 1.807) is 6.20 Å². The van der Waals surface area contributed by atoms with Gasteiger partial charge in [-0.2, -0.15) is 5.10 Å². The Bertz CT molecular complexity index is 1630. The molecule has 0 saturated heterocycles. The maximum absolute atomic E-state index is 6.15. The number of thiophene rings is 1. The molecule has 6 heterocycles. The van der Waals surface area contributed by atoms with Crippen molar-refractivity contribution in [3.05, 3.63) is 59.3 Å². The lowest BCUT2D eigenvalue weighted by Gasteiger charge is -2.12. The number of pyridine rings is 3. The van der Waals surface area contributed by atoms with Gasteiger partial charge in [0.25, 0.3) is 0 Å². The van der Waals surface area contributed by atoms with Crippen LogP contribution in [0.15, 0.2) is 55.0 Å². The van der Waals surface area contributed by atoms with E-state index in [4.69, 9.17) is 21.6 Å². The van der Waals surface area contributed by atoms with E-state index in [1.807, 2.05) is 61.7 Å². The molecule has 33 heavy (non-hydrogen) atoms. The van der Waals surface area contributed by atoms with Gasteiger partial charge in [0.15, 0.2) is 17.2 Å². The highest BCUT2D eigenvalue weighted by Gasteiger charge is 2.18. The van der Waals surface area contributed by atoms with Crippen molar-refractivity contribution in [2.24, 2.45) is 0 Å². The molecule has 2 N–H and O–H groups in total. The van der Waals surface area contributed by atoms with Gasteiger partial charge in [0.1, 0.15) is 5.52 Å². The third-order valence-corrected chi connectivity index (χ3v) is 6.66. The number of imidazole rings is 1. The first-order valence-electron chi connectivity index (χ1n) is 10.2. The lowest BCUT2D eigenvalue weighted by Crippen LogP contribution is -2.08. The molecule has 0 amide bonds. The van der Waals surface area contributed by atoms with Gasteiger partial charge in [-0.1, -0.05) is 11.6 Å². The van der Waals surface area contributed by atoms with Crippen LogP contribution in [0, 0.1) is 0 Å². The van der Waals surface area contributed by atoms with E-state index in [1.165, 1.54) is 11.3 Å². The van der Waals surface area contributed by atoms with E-state index < -0.39 is 0 Å². The Morgan fingerprint density at radius 2 is 1.94 bits per heavy atom. The van der Waals surface area contributed by atoms with Crippen LogP contribution >= 0.6 is 22.9 Å². The molecule has 0 aliphatic heterocycles. The highest BCUT2D eigenvalue weighted by molar-refractivity contribution is 7.19. The topological polar surface area (TPSA) is 99.3 Å². The van der Waals surface area contributed by atoms with Crippen LogP contribution in [-0.4, -0.2) is 49.2 Å². The minimum absolute atomic E-state index is 0.601. The Morgan fingerprint density at radius 1 is 1.03 bits per heavy atom. The number of halogens is 1. The molecule has 8 nitrogen and oxygen atoms in total. The fourth-order valence-electron chi connectivity index (χ4n) is 3.72. The first kappa shape index (κ1) is 19.8. The molecule has 0 aliphatic carbocycles. The highest BCUT2D eigenvalue weighted by atomic mass is 35.5. The number of H-pyrrole nitrogens is 2. The minimum atomic E-state index is 0.601. The maximum Gasteiger partial charge on any atom is 0.178 e. The number of hydrogen-bond donors (Lipinski definition) is 2. The maximum atomic E-state index is 6.15. The first-order valence-corrected chi connectivity index (χ1v) is 11.3. The number of anilines is 1. The summed E-state index contributed by atoms with van der Waals surface area (Å²) in [6.45, 7) is 0. The lowest BCUT2D eigenvalue weighted by atomic mass is 10.1. The summed E-state index contributed by atoms with van der Waals surface area (Å²) in [5.41, 5.74) is 7.37. The molecule has 0 fully saturated rings. The van der Waals surface area contributed by atoms with Crippen molar-refractivity contribution in [1.82, 2.24) is 35.1 Å². The predicted octanol–water partition coefficient (Wildman–Crippen LogP) is 5.41. The quantitative estimate of drug-likeness (QED) is 0.356. The van der Waals surface area contributed by atoms with Crippen LogP contribution in [0.25, 0.3) is 55.4 Å². The van der Waals surface area contributed by atoms with Crippen molar-refractivity contribution in [3.8, 4) is 33.2 Å². The smallest absolute Gasteiger partial charge is 0.178 e. The Kier molecular flexibility index (Phi) is 4.60. The molecule has 0 unspecified atom stereocenters. The Morgan fingerprint density at radius 3 is 2.76 bits per heavy atom. The van der Waals surface area contributed by atoms with Crippen molar-refractivity contribution >= 4 is 50.8 Å². The zero-order valence-electron chi connectivity index (χ0n) is 17.7. The molecule has 0 aromatic carbocycles. The largest absolute Gasteiger partial charge is 0.376 e. The van der Waals surface area contributed by atoms with Gasteiger partial charge in [-0.25, -0.2) is 15.0 Å². The normalized spacial score (nSPS) is 11.5. The monoisotopic (exact) mass is 472 g/mol. The number of aromatic nitrogens is 7. The van der Waals surface area contributed by atoms with Crippen molar-refractivity contribution < 1.29 is 0 Å². The summed E-state index contributed by atoms with van der Waals surface area (Å²) in [5, 5.41) is 7.55. The summed E-state index contributed by atoms with van der Waals surface area (Å²) in [6.07, 6.45) is 5.38. The van der Waals surface area contributed by atoms with Gasteiger partial charge in [-0.15, -0.1) is 11.3 Å². The Balaban J connectivity index is 1.48. The predicted molar refractivity (Wildman–Crippen MR) is 133 cm³/mol. The highest BCUT2D eigenvalue weighted by Crippen LogP contribution is 2.35. The van der Waals surface area contributed by atoms with Crippen LogP contribution in [0.3, 0.4) is 0 Å². The van der Waals surface area contributed by atoms with Crippen LogP contribution in [0.2, 0.25) is 4.34 Å². The SMILES string of the molecule is CN(C)c1cncc(-c2ccc3[nH]nc(-c4nc5nccc(-c6ccc(Cl)s6)c5[nH]4)c3n2)c1. The number of nitrogens with zero attached hydrogens (tertiary/aromatic N) is 6. The molecular formula is C23H17ClN8S. The third kappa shape index (κ3) is 3.42. The Labute approximate surface area is 197 Å². The molecule has 10 heteroatoms. The van der Waals surface area contributed by atoms with Crippen molar-refractivity contribution in [1.29, 1.82) is 0 Å². The van der Waals surface area contributed by atoms with Gasteiger partial charge in [-0.05, 0) is 36.4 Å². The third-order valence-electron chi connectivity index (χ3n) is 5.40. The number of fused-ring (bicyclic) bond motifs is 2. The van der Waals surface area contributed by atoms with E-state index in [0.29, 0.717) is 17.2 Å². The first-order chi connectivity index (χ1) is 16.1. The van der Waals surface area contributed by atoms with Gasteiger partial charge in [-0.3, -0.25) is 10.1 Å². The van der Waals surface area contributed by atoms with Crippen LogP contribution in [0.1, 0.15) is 0 Å². The summed E-state index contributed by atoms with van der Waals surface area (Å²) in [6, 6.07) is 11.8. The summed E-state index contributed by atoms with van der Waals surface area (Å²) in [5.74, 6) is 0.601. The molecule has 0 atom stereocenters. The second-order valence-electron chi connectivity index (χ2n) is 7.74. The molecule has 6 aromatic rings. The number of hydrogen-bond acceptors (Lipinski definition) is 7. The van der Waals surface area contributed by atoms with Crippen molar-refractivity contribution in [3.63, 3.8) is 0 Å². The van der Waals surface area contributed by atoms with Crippen LogP contribution < -0.4 is 4.90 Å². The summed E-state index contributed by atoms with van der Waals surface area (Å²) in [4.78, 5) is 24.8. The van der Waals surface area contributed by atoms with Crippen LogP contribution in [0.4, 0.5) is 5.69 Å². The van der Waals surface area contributed by atoms with Gasteiger partial charge in [0.05, 0.1) is 32.9 Å². The molecule has 6 aromatic heterocycles. The zero-order chi connectivity index (χ0) is 22.5. The zero-order valence-corrected chi connectivity index (χ0v) is 19.2. The average Bonchev–Trinajstić information content (AvgIpc) is 3.55. The summed E-state index contributed by atoms with van der Waals surface area (Å²) in [7, 11) is 3.97. The van der Waals surface area contributed by atoms with E-state index in [0.717, 1.165) is 48.3 Å². The van der Waals surface area contributed by atoms with Crippen molar-refractivity contribution in [2.75, 3.05) is 19.0 Å². The van der Waals surface area contributed by atoms with E-state index in [9.17, 15) is 0 Å². The van der Waals surface area contributed by atoms with E-state index in [-0.39, 0.29) is 0 Å². The van der Waals surface area contributed by atoms with Crippen LogP contribution in [0.5, 0.6) is 0 Å². The molecule has 0 aliphatic rings. The molecular weight excluding hydrogens is 456 g/mol. The van der Waals surface area contributed by atoms with Gasteiger partial charge in [0, 0.05) is 42.5 Å². The number of aromatic amines is 2. The average molecular weight is 473 g/mol. The fraction of sp³-hybridized carbons (Fsp3) is 0.0870. The molecule has 0 bridgehead atoms. The van der Waals surface area contributed by atoms with Crippen molar-refractivity contribution in [2.45, 2.75) is 0 Å². The second kappa shape index (κ2) is 7.65. The van der Waals surface area contributed by atoms with Gasteiger partial charge < -0.3 is 9.88 Å². The number of nitrogens with one attached hydrogen (secondary N) is 2. The minimum Gasteiger partial charge on any atom is -0.376 e. The van der Waals surface area contributed by atoms with E-state index >= 15 is 0 Å².